The molecule has 0 aliphatic rings. The molecule has 0 radical (unpaired) electrons. The maximum Gasteiger partial charge on any atom is 0.284 e. The Balaban J connectivity index is 2.31. The smallest absolute Gasteiger partial charge is 0.284 e. The minimum absolute atomic E-state index is 0.0883. The average Bonchev–Trinajstić information content (AvgIpc) is 2.47. The van der Waals surface area contributed by atoms with Gasteiger partial charge in [0.05, 0.1) is 21.9 Å². The van der Waals surface area contributed by atoms with Crippen LogP contribution >= 0.6 is 0 Å². The number of hydrogen-bond acceptors (Lipinski definition) is 5. The zero-order valence-corrected chi connectivity index (χ0v) is 10.6. The first kappa shape index (κ1) is 12.9. The highest BCUT2D eigenvalue weighted by Gasteiger charge is 2.19. The Morgan fingerprint density at radius 2 is 1.86 bits per heavy atom. The van der Waals surface area contributed by atoms with Gasteiger partial charge in [0.1, 0.15) is 17.1 Å². The third-order valence-corrected chi connectivity index (χ3v) is 3.08. The number of rotatable bonds is 2. The fourth-order valence-electron chi connectivity index (χ4n) is 2.12. The SMILES string of the molecule is O=c1cc(-c2ccc(O)cc2[N+](=O)[O-])oc2ccccc12. The summed E-state index contributed by atoms with van der Waals surface area (Å²) in [6, 6.07) is 11.5. The molecule has 0 amide bonds. The number of benzene rings is 2. The minimum atomic E-state index is -0.635. The Morgan fingerprint density at radius 3 is 2.62 bits per heavy atom. The Hall–Kier alpha value is -3.15. The van der Waals surface area contributed by atoms with Gasteiger partial charge in [-0.15, -0.1) is 0 Å². The molecule has 0 unspecified atom stereocenters. The number of nitrogens with zero attached hydrogens (tertiary/aromatic N) is 1. The van der Waals surface area contributed by atoms with Crippen LogP contribution in [0.25, 0.3) is 22.3 Å². The van der Waals surface area contributed by atoms with Crippen molar-refractivity contribution in [1.82, 2.24) is 0 Å². The van der Waals surface area contributed by atoms with Gasteiger partial charge in [-0.1, -0.05) is 12.1 Å². The van der Waals surface area contributed by atoms with Crippen molar-refractivity contribution in [2.45, 2.75) is 0 Å². The zero-order chi connectivity index (χ0) is 15.0. The molecule has 1 heterocycles. The van der Waals surface area contributed by atoms with Gasteiger partial charge in [-0.05, 0) is 24.3 Å². The van der Waals surface area contributed by atoms with Crippen LogP contribution in [0.3, 0.4) is 0 Å². The summed E-state index contributed by atoms with van der Waals surface area (Å²) in [5.41, 5.74) is -0.120. The fraction of sp³-hybridized carbons (Fsp3) is 0. The van der Waals surface area contributed by atoms with Gasteiger partial charge < -0.3 is 9.52 Å². The van der Waals surface area contributed by atoms with Crippen LogP contribution in [-0.4, -0.2) is 10.0 Å². The average molecular weight is 283 g/mol. The summed E-state index contributed by atoms with van der Waals surface area (Å²) in [7, 11) is 0. The second-order valence-electron chi connectivity index (χ2n) is 4.43. The van der Waals surface area contributed by atoms with Crippen molar-refractivity contribution in [2.75, 3.05) is 0 Å². The van der Waals surface area contributed by atoms with Crippen molar-refractivity contribution in [2.24, 2.45) is 0 Å². The zero-order valence-electron chi connectivity index (χ0n) is 10.6. The molecule has 0 aliphatic carbocycles. The third-order valence-electron chi connectivity index (χ3n) is 3.08. The first-order chi connectivity index (χ1) is 10.1. The molecule has 0 aliphatic heterocycles. The highest BCUT2D eigenvalue weighted by molar-refractivity contribution is 5.80. The van der Waals surface area contributed by atoms with E-state index in [4.69, 9.17) is 4.42 Å². The van der Waals surface area contributed by atoms with E-state index in [-0.39, 0.29) is 28.2 Å². The molecule has 3 rings (SSSR count). The van der Waals surface area contributed by atoms with Gasteiger partial charge in [-0.25, -0.2) is 0 Å². The quantitative estimate of drug-likeness (QED) is 0.576. The lowest BCUT2D eigenvalue weighted by Crippen LogP contribution is -2.01. The van der Waals surface area contributed by atoms with E-state index >= 15 is 0 Å². The number of para-hydroxylation sites is 1. The van der Waals surface area contributed by atoms with Crippen LogP contribution in [0, 0.1) is 10.1 Å². The number of phenolic OH excluding ortho intramolecular Hbond substituents is 1. The van der Waals surface area contributed by atoms with Gasteiger partial charge in [0.15, 0.2) is 5.43 Å². The molecule has 0 spiro atoms. The molecule has 1 N–H and O–H groups in total. The molecule has 21 heavy (non-hydrogen) atoms. The molecule has 104 valence electrons. The standard InChI is InChI=1S/C15H9NO5/c17-9-5-6-10(12(7-9)16(19)20)15-8-13(18)11-3-1-2-4-14(11)21-15/h1-8,17H. The lowest BCUT2D eigenvalue weighted by atomic mass is 10.1. The number of nitro groups is 1. The maximum atomic E-state index is 12.0. The Labute approximate surface area is 118 Å². The van der Waals surface area contributed by atoms with Crippen molar-refractivity contribution < 1.29 is 14.4 Å². The van der Waals surface area contributed by atoms with E-state index < -0.39 is 4.92 Å². The van der Waals surface area contributed by atoms with Crippen LogP contribution in [0.4, 0.5) is 5.69 Å². The lowest BCUT2D eigenvalue weighted by Gasteiger charge is -2.04. The number of fused-ring (bicyclic) bond motifs is 1. The van der Waals surface area contributed by atoms with Crippen LogP contribution in [0.15, 0.2) is 57.7 Å². The summed E-state index contributed by atoms with van der Waals surface area (Å²) in [5, 5.41) is 20.8. The molecule has 3 aromatic rings. The molecule has 6 nitrogen and oxygen atoms in total. The molecule has 2 aromatic carbocycles. The summed E-state index contributed by atoms with van der Waals surface area (Å²) in [6.45, 7) is 0. The topological polar surface area (TPSA) is 93.6 Å². The van der Waals surface area contributed by atoms with Crippen molar-refractivity contribution in [3.05, 3.63) is 68.9 Å². The highest BCUT2D eigenvalue weighted by atomic mass is 16.6. The molecule has 0 atom stereocenters. The predicted molar refractivity (Wildman–Crippen MR) is 76.2 cm³/mol. The van der Waals surface area contributed by atoms with Crippen molar-refractivity contribution in [3.63, 3.8) is 0 Å². The molecular weight excluding hydrogens is 274 g/mol. The molecule has 1 aromatic heterocycles. The van der Waals surface area contributed by atoms with Gasteiger partial charge in [0, 0.05) is 6.07 Å². The van der Waals surface area contributed by atoms with E-state index in [9.17, 15) is 20.0 Å². The number of aromatic hydroxyl groups is 1. The first-order valence-electron chi connectivity index (χ1n) is 6.07. The fourth-order valence-corrected chi connectivity index (χ4v) is 2.12. The lowest BCUT2D eigenvalue weighted by molar-refractivity contribution is -0.384. The normalized spacial score (nSPS) is 10.7. The molecular formula is C15H9NO5. The Kier molecular flexibility index (Phi) is 2.91. The van der Waals surface area contributed by atoms with Crippen molar-refractivity contribution in [1.29, 1.82) is 0 Å². The Morgan fingerprint density at radius 1 is 1.10 bits per heavy atom. The summed E-state index contributed by atoms with van der Waals surface area (Å²) >= 11 is 0. The molecule has 6 heteroatoms. The minimum Gasteiger partial charge on any atom is -0.508 e. The van der Waals surface area contributed by atoms with Gasteiger partial charge in [-0.3, -0.25) is 14.9 Å². The summed E-state index contributed by atoms with van der Waals surface area (Å²) in [6.07, 6.45) is 0. The molecule has 0 bridgehead atoms. The third kappa shape index (κ3) is 2.23. The van der Waals surface area contributed by atoms with E-state index in [0.717, 1.165) is 6.07 Å². The van der Waals surface area contributed by atoms with Crippen molar-refractivity contribution >= 4 is 16.7 Å². The van der Waals surface area contributed by atoms with E-state index in [2.05, 4.69) is 0 Å². The van der Waals surface area contributed by atoms with Gasteiger partial charge in [-0.2, -0.15) is 0 Å². The van der Waals surface area contributed by atoms with Crippen LogP contribution in [0.1, 0.15) is 0 Å². The largest absolute Gasteiger partial charge is 0.508 e. The van der Waals surface area contributed by atoms with E-state index in [1.54, 1.807) is 24.3 Å². The number of hydrogen-bond donors (Lipinski definition) is 1. The number of phenols is 1. The van der Waals surface area contributed by atoms with Gasteiger partial charge >= 0.3 is 0 Å². The molecule has 0 saturated heterocycles. The predicted octanol–water partition coefficient (Wildman–Crippen LogP) is 3.07. The van der Waals surface area contributed by atoms with E-state index in [1.807, 2.05) is 0 Å². The van der Waals surface area contributed by atoms with Gasteiger partial charge in [0.2, 0.25) is 0 Å². The first-order valence-corrected chi connectivity index (χ1v) is 6.07. The van der Waals surface area contributed by atoms with E-state index in [0.29, 0.717) is 11.0 Å². The van der Waals surface area contributed by atoms with Crippen LogP contribution in [-0.2, 0) is 0 Å². The van der Waals surface area contributed by atoms with Crippen molar-refractivity contribution in [3.8, 4) is 17.1 Å². The summed E-state index contributed by atoms with van der Waals surface area (Å²) < 4.78 is 5.57. The number of nitro benzene ring substituents is 1. The highest BCUT2D eigenvalue weighted by Crippen LogP contribution is 2.33. The Bertz CT molecular complexity index is 913. The molecule has 0 fully saturated rings. The maximum absolute atomic E-state index is 12.0. The van der Waals surface area contributed by atoms with Crippen LogP contribution < -0.4 is 5.43 Å². The monoisotopic (exact) mass is 283 g/mol. The van der Waals surface area contributed by atoms with Crippen LogP contribution in [0.5, 0.6) is 5.75 Å². The molecule has 0 saturated carbocycles. The second-order valence-corrected chi connectivity index (χ2v) is 4.43. The van der Waals surface area contributed by atoms with Gasteiger partial charge in [0.25, 0.3) is 5.69 Å². The summed E-state index contributed by atoms with van der Waals surface area (Å²) in [4.78, 5) is 22.5. The second kappa shape index (κ2) is 4.75. The van der Waals surface area contributed by atoms with E-state index in [1.165, 1.54) is 18.2 Å². The van der Waals surface area contributed by atoms with Crippen LogP contribution in [0.2, 0.25) is 0 Å². The summed E-state index contributed by atoms with van der Waals surface area (Å²) in [5.74, 6) is -0.140.